The van der Waals surface area contributed by atoms with Crippen LogP contribution in [0.4, 0.5) is 11.4 Å². The molecule has 1 saturated carbocycles. The summed E-state index contributed by atoms with van der Waals surface area (Å²) in [6.07, 6.45) is 7.34. The number of carbonyl (C=O) groups excluding carboxylic acids is 1. The molecular formula is C16H25N3OS. The van der Waals surface area contributed by atoms with Gasteiger partial charge in [0.15, 0.2) is 0 Å². The van der Waals surface area contributed by atoms with E-state index < -0.39 is 0 Å². The fourth-order valence-corrected chi connectivity index (χ4v) is 3.76. The fourth-order valence-electron chi connectivity index (χ4n) is 2.84. The molecule has 0 heterocycles. The van der Waals surface area contributed by atoms with E-state index in [1.807, 2.05) is 23.9 Å². The average molecular weight is 307 g/mol. The minimum Gasteiger partial charge on any atom is -0.397 e. The molecule has 2 rings (SSSR count). The second-order valence-corrected chi connectivity index (χ2v) is 7.22. The summed E-state index contributed by atoms with van der Waals surface area (Å²) in [6.45, 7) is 0.930. The van der Waals surface area contributed by atoms with E-state index in [1.54, 1.807) is 25.1 Å². The Morgan fingerprint density at radius 3 is 2.57 bits per heavy atom. The number of nitrogens with two attached hydrogens (primary N) is 1. The SMILES string of the molecule is CSC1(CNc2ccc(C(=O)N(C)C)cc2N)CCCC1. The van der Waals surface area contributed by atoms with Gasteiger partial charge in [-0.2, -0.15) is 11.8 Å². The summed E-state index contributed by atoms with van der Waals surface area (Å²) in [6, 6.07) is 5.50. The molecular weight excluding hydrogens is 282 g/mol. The standard InChI is InChI=1S/C16H25N3OS/c1-19(2)15(20)12-6-7-14(13(17)10-12)18-11-16(21-3)8-4-5-9-16/h6-7,10,18H,4-5,8-9,11,17H2,1-3H3. The molecule has 3 N–H and O–H groups in total. The van der Waals surface area contributed by atoms with Crippen molar-refractivity contribution in [1.29, 1.82) is 0 Å². The summed E-state index contributed by atoms with van der Waals surface area (Å²) >= 11 is 1.95. The molecule has 0 radical (unpaired) electrons. The number of nitrogen functional groups attached to an aromatic ring is 1. The van der Waals surface area contributed by atoms with Crippen molar-refractivity contribution in [2.45, 2.75) is 30.4 Å². The fraction of sp³-hybridized carbons (Fsp3) is 0.562. The van der Waals surface area contributed by atoms with Crippen LogP contribution in [0.1, 0.15) is 36.0 Å². The summed E-state index contributed by atoms with van der Waals surface area (Å²) in [5.41, 5.74) is 8.27. The molecule has 0 aliphatic heterocycles. The highest BCUT2D eigenvalue weighted by molar-refractivity contribution is 8.00. The van der Waals surface area contributed by atoms with Crippen LogP contribution in [0.15, 0.2) is 18.2 Å². The van der Waals surface area contributed by atoms with Crippen LogP contribution in [0.2, 0.25) is 0 Å². The first kappa shape index (κ1) is 16.0. The highest BCUT2D eigenvalue weighted by Gasteiger charge is 2.32. The molecule has 116 valence electrons. The Balaban J connectivity index is 2.06. The van der Waals surface area contributed by atoms with Gasteiger partial charge in [0.2, 0.25) is 0 Å². The molecule has 1 aliphatic carbocycles. The van der Waals surface area contributed by atoms with Crippen molar-refractivity contribution in [3.05, 3.63) is 23.8 Å². The molecule has 0 unspecified atom stereocenters. The third-order valence-corrected chi connectivity index (χ3v) is 5.67. The number of carbonyl (C=O) groups is 1. The summed E-state index contributed by atoms with van der Waals surface area (Å²) in [4.78, 5) is 13.5. The Morgan fingerprint density at radius 1 is 1.38 bits per heavy atom. The molecule has 4 nitrogen and oxygen atoms in total. The van der Waals surface area contributed by atoms with Gasteiger partial charge in [-0.25, -0.2) is 0 Å². The van der Waals surface area contributed by atoms with Gasteiger partial charge in [0.1, 0.15) is 0 Å². The zero-order chi connectivity index (χ0) is 15.5. The van der Waals surface area contributed by atoms with Gasteiger partial charge in [-0.15, -0.1) is 0 Å². The van der Waals surface area contributed by atoms with E-state index >= 15 is 0 Å². The number of anilines is 2. The van der Waals surface area contributed by atoms with Gasteiger partial charge < -0.3 is 16.0 Å². The molecule has 0 aromatic heterocycles. The largest absolute Gasteiger partial charge is 0.397 e. The van der Waals surface area contributed by atoms with Crippen LogP contribution in [0, 0.1) is 0 Å². The highest BCUT2D eigenvalue weighted by atomic mass is 32.2. The molecule has 0 atom stereocenters. The lowest BCUT2D eigenvalue weighted by molar-refractivity contribution is 0.0827. The molecule has 5 heteroatoms. The van der Waals surface area contributed by atoms with E-state index in [0.717, 1.165) is 12.2 Å². The first-order chi connectivity index (χ1) is 9.97. The maximum absolute atomic E-state index is 11.9. The van der Waals surface area contributed by atoms with E-state index in [9.17, 15) is 4.79 Å². The van der Waals surface area contributed by atoms with Crippen LogP contribution >= 0.6 is 11.8 Å². The van der Waals surface area contributed by atoms with Crippen LogP contribution in [0.5, 0.6) is 0 Å². The van der Waals surface area contributed by atoms with Crippen molar-refractivity contribution in [3.8, 4) is 0 Å². The first-order valence-electron chi connectivity index (χ1n) is 7.38. The monoisotopic (exact) mass is 307 g/mol. The quantitative estimate of drug-likeness (QED) is 0.821. The van der Waals surface area contributed by atoms with E-state index in [2.05, 4.69) is 11.6 Å². The topological polar surface area (TPSA) is 58.4 Å². The zero-order valence-corrected chi connectivity index (χ0v) is 13.9. The molecule has 0 saturated heterocycles. The predicted molar refractivity (Wildman–Crippen MR) is 92.1 cm³/mol. The van der Waals surface area contributed by atoms with Gasteiger partial charge in [0.25, 0.3) is 5.91 Å². The number of thioether (sulfide) groups is 1. The molecule has 21 heavy (non-hydrogen) atoms. The normalized spacial score (nSPS) is 16.7. The van der Waals surface area contributed by atoms with Crippen molar-refractivity contribution in [3.63, 3.8) is 0 Å². The van der Waals surface area contributed by atoms with E-state index in [4.69, 9.17) is 5.73 Å². The zero-order valence-electron chi connectivity index (χ0n) is 13.1. The van der Waals surface area contributed by atoms with Gasteiger partial charge in [-0.05, 0) is 37.3 Å². The van der Waals surface area contributed by atoms with Crippen molar-refractivity contribution >= 4 is 29.0 Å². The molecule has 1 amide bonds. The minimum absolute atomic E-state index is 0.0235. The van der Waals surface area contributed by atoms with E-state index in [1.165, 1.54) is 25.7 Å². The Labute approximate surface area is 131 Å². The molecule has 1 fully saturated rings. The molecule has 1 aromatic carbocycles. The molecule has 0 spiro atoms. The Hall–Kier alpha value is -1.36. The van der Waals surface area contributed by atoms with Crippen molar-refractivity contribution < 1.29 is 4.79 Å². The van der Waals surface area contributed by atoms with Crippen LogP contribution in [-0.2, 0) is 0 Å². The summed E-state index contributed by atoms with van der Waals surface area (Å²) in [5.74, 6) is -0.0235. The number of benzene rings is 1. The summed E-state index contributed by atoms with van der Waals surface area (Å²) < 4.78 is 0.338. The number of amides is 1. The number of hydrogen-bond acceptors (Lipinski definition) is 4. The van der Waals surface area contributed by atoms with Crippen molar-refractivity contribution in [2.24, 2.45) is 0 Å². The highest BCUT2D eigenvalue weighted by Crippen LogP contribution is 2.40. The Bertz CT molecular complexity index is 510. The number of hydrogen-bond donors (Lipinski definition) is 2. The number of rotatable bonds is 5. The van der Waals surface area contributed by atoms with Crippen molar-refractivity contribution in [2.75, 3.05) is 37.9 Å². The van der Waals surface area contributed by atoms with Crippen LogP contribution in [-0.4, -0.2) is 42.4 Å². The third-order valence-electron chi connectivity index (χ3n) is 4.25. The second kappa shape index (κ2) is 6.60. The van der Waals surface area contributed by atoms with Crippen LogP contribution < -0.4 is 11.1 Å². The average Bonchev–Trinajstić information content (AvgIpc) is 2.94. The molecule has 1 aliphatic rings. The number of nitrogens with one attached hydrogen (secondary N) is 1. The van der Waals surface area contributed by atoms with Gasteiger partial charge in [-0.1, -0.05) is 12.8 Å². The van der Waals surface area contributed by atoms with Gasteiger partial charge in [-0.3, -0.25) is 4.79 Å². The molecule has 1 aromatic rings. The maximum Gasteiger partial charge on any atom is 0.253 e. The third kappa shape index (κ3) is 3.64. The Morgan fingerprint density at radius 2 is 2.05 bits per heavy atom. The predicted octanol–water partition coefficient (Wildman–Crippen LogP) is 3.06. The van der Waals surface area contributed by atoms with Gasteiger partial charge >= 0.3 is 0 Å². The summed E-state index contributed by atoms with van der Waals surface area (Å²) in [7, 11) is 3.49. The lowest BCUT2D eigenvalue weighted by Gasteiger charge is -2.28. The second-order valence-electron chi connectivity index (χ2n) is 5.95. The first-order valence-corrected chi connectivity index (χ1v) is 8.60. The van der Waals surface area contributed by atoms with Gasteiger partial charge in [0, 0.05) is 31.0 Å². The summed E-state index contributed by atoms with van der Waals surface area (Å²) in [5, 5.41) is 3.47. The Kier molecular flexibility index (Phi) is 5.04. The van der Waals surface area contributed by atoms with Crippen molar-refractivity contribution in [1.82, 2.24) is 4.90 Å². The number of nitrogens with zero attached hydrogens (tertiary/aromatic N) is 1. The maximum atomic E-state index is 11.9. The lowest BCUT2D eigenvalue weighted by Crippen LogP contribution is -2.30. The van der Waals surface area contributed by atoms with E-state index in [0.29, 0.717) is 16.0 Å². The smallest absolute Gasteiger partial charge is 0.253 e. The van der Waals surface area contributed by atoms with Gasteiger partial charge in [0.05, 0.1) is 11.4 Å². The van der Waals surface area contributed by atoms with Crippen LogP contribution in [0.25, 0.3) is 0 Å². The lowest BCUT2D eigenvalue weighted by atomic mass is 10.1. The molecule has 0 bridgehead atoms. The minimum atomic E-state index is -0.0235. The van der Waals surface area contributed by atoms with Crippen LogP contribution in [0.3, 0.4) is 0 Å². The van der Waals surface area contributed by atoms with E-state index in [-0.39, 0.29) is 5.91 Å².